The van der Waals surface area contributed by atoms with Crippen LogP contribution in [0.5, 0.6) is 0 Å². The van der Waals surface area contributed by atoms with Gasteiger partial charge in [-0.05, 0) is 0 Å². The average Bonchev–Trinajstić information content (AvgIpc) is 2.80. The fourth-order valence-electron chi connectivity index (χ4n) is 4.70. The first-order valence-corrected chi connectivity index (χ1v) is 9.88. The number of hydrogen-bond donors (Lipinski definition) is 0. The third-order valence-electron chi connectivity index (χ3n) is 5.43. The molecule has 4 nitrogen and oxygen atoms in total. The van der Waals surface area contributed by atoms with Crippen LogP contribution < -0.4 is 0 Å². The molecular weight excluding hydrogens is 284 g/mol. The Morgan fingerprint density at radius 1 is 1.00 bits per heavy atom. The third kappa shape index (κ3) is 2.20. The third-order valence-corrected chi connectivity index (χ3v) is 10.6. The maximum Gasteiger partial charge on any atom is 0.349 e. The van der Waals surface area contributed by atoms with E-state index < -0.39 is 8.56 Å². The maximum absolute atomic E-state index is 11.5. The molecule has 5 heteroatoms. The molecule has 0 unspecified atom stereocenters. The van der Waals surface area contributed by atoms with Gasteiger partial charge in [0.15, 0.2) is 0 Å². The first-order valence-electron chi connectivity index (χ1n) is 8.06. The summed E-state index contributed by atoms with van der Waals surface area (Å²) in [5.41, 5.74) is 0. The monoisotopic (exact) mass is 312 g/mol. The molecule has 2 saturated heterocycles. The van der Waals surface area contributed by atoms with Gasteiger partial charge in [-0.3, -0.25) is 4.79 Å². The van der Waals surface area contributed by atoms with Crippen molar-refractivity contribution in [1.82, 2.24) is 0 Å². The zero-order valence-electron chi connectivity index (χ0n) is 14.1. The topological polar surface area (TPSA) is 44.8 Å². The highest BCUT2D eigenvalue weighted by Crippen LogP contribution is 2.57. The van der Waals surface area contributed by atoms with E-state index in [0.29, 0.717) is 18.3 Å². The molecule has 3 aliphatic rings. The van der Waals surface area contributed by atoms with Crippen LogP contribution in [-0.4, -0.2) is 33.3 Å². The first-order chi connectivity index (χ1) is 9.55. The lowest BCUT2D eigenvalue weighted by molar-refractivity contribution is -0.142. The number of carbonyl (C=O) groups is 1. The van der Waals surface area contributed by atoms with E-state index in [0.717, 1.165) is 13.0 Å². The van der Waals surface area contributed by atoms with Crippen molar-refractivity contribution in [1.29, 1.82) is 0 Å². The predicted molar refractivity (Wildman–Crippen MR) is 82.1 cm³/mol. The maximum atomic E-state index is 11.5. The summed E-state index contributed by atoms with van der Waals surface area (Å²) in [6.45, 7) is 14.1. The van der Waals surface area contributed by atoms with Crippen molar-refractivity contribution in [2.24, 2.45) is 11.8 Å². The highest BCUT2D eigenvalue weighted by Gasteiger charge is 2.65. The normalized spacial score (nSPS) is 38.9. The Hall–Kier alpha value is -0.393. The van der Waals surface area contributed by atoms with Crippen LogP contribution in [0.3, 0.4) is 0 Å². The van der Waals surface area contributed by atoms with Crippen LogP contribution in [0, 0.1) is 11.8 Å². The van der Waals surface area contributed by atoms with Gasteiger partial charge in [0.25, 0.3) is 0 Å². The molecule has 0 N–H and O–H groups in total. The highest BCUT2D eigenvalue weighted by atomic mass is 28.4. The van der Waals surface area contributed by atoms with Crippen molar-refractivity contribution in [3.63, 3.8) is 0 Å². The Kier molecular flexibility index (Phi) is 3.36. The summed E-state index contributed by atoms with van der Waals surface area (Å²) in [5, 5.41) is 0.0369. The number of ether oxygens (including phenoxy) is 1. The second kappa shape index (κ2) is 4.55. The van der Waals surface area contributed by atoms with Crippen molar-refractivity contribution in [3.8, 4) is 0 Å². The van der Waals surface area contributed by atoms with Crippen LogP contribution in [0.2, 0.25) is 10.1 Å². The van der Waals surface area contributed by atoms with Crippen molar-refractivity contribution in [3.05, 3.63) is 0 Å². The van der Waals surface area contributed by atoms with E-state index in [4.69, 9.17) is 13.6 Å². The van der Waals surface area contributed by atoms with Gasteiger partial charge < -0.3 is 13.6 Å². The summed E-state index contributed by atoms with van der Waals surface area (Å²) in [4.78, 5) is 11.5. The van der Waals surface area contributed by atoms with E-state index in [-0.39, 0.29) is 28.3 Å². The molecule has 4 atom stereocenters. The van der Waals surface area contributed by atoms with E-state index in [1.54, 1.807) is 0 Å². The lowest BCUT2D eigenvalue weighted by Gasteiger charge is -2.54. The van der Waals surface area contributed by atoms with Crippen LogP contribution in [-0.2, 0) is 18.4 Å². The van der Waals surface area contributed by atoms with Crippen molar-refractivity contribution in [2.45, 2.75) is 76.7 Å². The highest BCUT2D eigenvalue weighted by molar-refractivity contribution is 6.73. The van der Waals surface area contributed by atoms with E-state index in [2.05, 4.69) is 41.5 Å². The van der Waals surface area contributed by atoms with E-state index in [9.17, 15) is 4.79 Å². The van der Waals surface area contributed by atoms with Crippen LogP contribution >= 0.6 is 0 Å². The van der Waals surface area contributed by atoms with Gasteiger partial charge in [-0.1, -0.05) is 41.5 Å². The first kappa shape index (κ1) is 15.5. The standard InChI is InChI=1S/C16H28O4Si/c1-15(2,3)21(16(4,5)6)18-9-11-10-7-14(17)19-12(10)8-13(11)20-21/h10-13H,7-9H2,1-6H3/t10-,11-,12+,13-/m0/s1. The fraction of sp³-hybridized carbons (Fsp3) is 0.938. The van der Waals surface area contributed by atoms with Gasteiger partial charge in [-0.15, -0.1) is 0 Å². The molecule has 0 bridgehead atoms. The molecule has 0 aromatic carbocycles. The van der Waals surface area contributed by atoms with Gasteiger partial charge in [-0.25, -0.2) is 0 Å². The summed E-state index contributed by atoms with van der Waals surface area (Å²) in [7, 11) is -2.38. The van der Waals surface area contributed by atoms with Crippen molar-refractivity contribution >= 4 is 14.5 Å². The molecule has 0 radical (unpaired) electrons. The van der Waals surface area contributed by atoms with Crippen LogP contribution in [0.1, 0.15) is 54.4 Å². The second-order valence-corrected chi connectivity index (χ2v) is 13.6. The Morgan fingerprint density at radius 3 is 2.19 bits per heavy atom. The zero-order valence-corrected chi connectivity index (χ0v) is 15.1. The number of rotatable bonds is 0. The molecule has 2 heterocycles. The Morgan fingerprint density at radius 2 is 1.62 bits per heavy atom. The lowest BCUT2D eigenvalue weighted by atomic mass is 9.93. The summed E-state index contributed by atoms with van der Waals surface area (Å²) in [6, 6.07) is 0. The minimum atomic E-state index is -2.38. The Bertz CT molecular complexity index is 434. The molecule has 0 aromatic rings. The molecular formula is C16H28O4Si. The summed E-state index contributed by atoms with van der Waals surface area (Å²) in [6.07, 6.45) is 1.65. The molecule has 21 heavy (non-hydrogen) atoms. The molecule has 120 valence electrons. The van der Waals surface area contributed by atoms with Crippen molar-refractivity contribution < 1.29 is 18.4 Å². The molecule has 3 rings (SSSR count). The van der Waals surface area contributed by atoms with Gasteiger partial charge in [0, 0.05) is 34.9 Å². The lowest BCUT2D eigenvalue weighted by Crippen LogP contribution is -2.63. The van der Waals surface area contributed by atoms with Gasteiger partial charge in [0.2, 0.25) is 0 Å². The smallest absolute Gasteiger partial charge is 0.349 e. The van der Waals surface area contributed by atoms with Gasteiger partial charge in [0.1, 0.15) is 6.10 Å². The molecule has 3 fully saturated rings. The second-order valence-electron chi connectivity index (χ2n) is 8.88. The summed E-state index contributed by atoms with van der Waals surface area (Å²) in [5.74, 6) is 0.574. The minimum absolute atomic E-state index is 0.0184. The fourth-order valence-corrected chi connectivity index (χ4v) is 9.71. The number of carbonyl (C=O) groups excluding carboxylic acids is 1. The van der Waals surface area contributed by atoms with Crippen molar-refractivity contribution in [2.75, 3.05) is 6.61 Å². The number of hydrogen-bond acceptors (Lipinski definition) is 4. The molecule has 0 spiro atoms. The SMILES string of the molecule is CC(C)(C)[Si]1(C(C)(C)C)OC[C@H]2[C@@H]3CC(=O)O[C@@H]3C[C@@H]2O1. The largest absolute Gasteiger partial charge is 0.462 e. The molecule has 0 amide bonds. The zero-order chi connectivity index (χ0) is 15.6. The quantitative estimate of drug-likeness (QED) is 0.508. The summed E-state index contributed by atoms with van der Waals surface area (Å²) < 4.78 is 18.7. The minimum Gasteiger partial charge on any atom is -0.462 e. The van der Waals surface area contributed by atoms with Crippen LogP contribution in [0.25, 0.3) is 0 Å². The number of fused-ring (bicyclic) bond motifs is 3. The van der Waals surface area contributed by atoms with Gasteiger partial charge >= 0.3 is 14.5 Å². The Balaban J connectivity index is 1.86. The van der Waals surface area contributed by atoms with Gasteiger partial charge in [0.05, 0.1) is 12.5 Å². The molecule has 2 aliphatic heterocycles. The van der Waals surface area contributed by atoms with Crippen LogP contribution in [0.4, 0.5) is 0 Å². The van der Waals surface area contributed by atoms with Gasteiger partial charge in [-0.2, -0.15) is 0 Å². The van der Waals surface area contributed by atoms with Crippen LogP contribution in [0.15, 0.2) is 0 Å². The van der Waals surface area contributed by atoms with E-state index in [1.807, 2.05) is 0 Å². The number of esters is 1. The molecule has 1 saturated carbocycles. The van der Waals surface area contributed by atoms with E-state index in [1.165, 1.54) is 0 Å². The molecule has 0 aromatic heterocycles. The Labute approximate surface area is 128 Å². The average molecular weight is 312 g/mol. The predicted octanol–water partition coefficient (Wildman–Crippen LogP) is 3.40. The van der Waals surface area contributed by atoms with E-state index >= 15 is 0 Å². The molecule has 1 aliphatic carbocycles. The summed E-state index contributed by atoms with van der Waals surface area (Å²) >= 11 is 0.